The molecule has 0 fully saturated rings. The zero-order chi connectivity index (χ0) is 26.8. The smallest absolute Gasteiger partial charge is 0.331 e. The van der Waals surface area contributed by atoms with Crippen LogP contribution in [-0.2, 0) is 16.1 Å². The van der Waals surface area contributed by atoms with Gasteiger partial charge in [-0.05, 0) is 55.2 Å². The number of hydrogen-bond acceptors (Lipinski definition) is 5. The van der Waals surface area contributed by atoms with Crippen molar-refractivity contribution in [3.8, 4) is 5.75 Å². The van der Waals surface area contributed by atoms with E-state index in [1.54, 1.807) is 7.11 Å². The highest BCUT2D eigenvalue weighted by molar-refractivity contribution is 5.86. The number of ether oxygens (including phenoxy) is 2. The molecule has 206 valence electrons. The van der Waals surface area contributed by atoms with Crippen LogP contribution < -0.4 is 4.74 Å². The molecule has 0 amide bonds. The summed E-state index contributed by atoms with van der Waals surface area (Å²) in [7, 11) is 1.61. The Hall–Kier alpha value is -1.89. The number of unbranched alkanes of at least 4 members (excludes halogenated alkanes) is 3. The van der Waals surface area contributed by atoms with Crippen molar-refractivity contribution in [3.63, 3.8) is 0 Å². The maximum Gasteiger partial charge on any atom is 0.331 e. The van der Waals surface area contributed by atoms with Crippen LogP contribution in [0.4, 0.5) is 0 Å². The highest BCUT2D eigenvalue weighted by Gasteiger charge is 2.33. The summed E-state index contributed by atoms with van der Waals surface area (Å²) >= 11 is 0. The van der Waals surface area contributed by atoms with E-state index < -0.39 is 11.4 Å². The van der Waals surface area contributed by atoms with Crippen molar-refractivity contribution in [2.45, 2.75) is 91.6 Å². The molecule has 3 N–H and O–H groups in total. The molecular weight excluding hydrogens is 456 g/mol. The lowest BCUT2D eigenvalue weighted by atomic mass is 9.77. The second-order valence-electron chi connectivity index (χ2n) is 10.2. The first-order valence-electron chi connectivity index (χ1n) is 13.7. The zero-order valence-corrected chi connectivity index (χ0v) is 23.0. The Labute approximate surface area is 218 Å². The van der Waals surface area contributed by atoms with Gasteiger partial charge < -0.3 is 24.8 Å². The lowest BCUT2D eigenvalue weighted by Gasteiger charge is -2.31. The van der Waals surface area contributed by atoms with Crippen molar-refractivity contribution in [2.24, 2.45) is 17.3 Å². The van der Waals surface area contributed by atoms with Crippen LogP contribution in [0.3, 0.4) is 0 Å². The number of hydrogen-bond donors (Lipinski definition) is 3. The maximum atomic E-state index is 12.3. The Bertz CT molecular complexity index is 730. The molecule has 6 nitrogen and oxygen atoms in total. The Kier molecular flexibility index (Phi) is 16.4. The third-order valence-corrected chi connectivity index (χ3v) is 7.12. The number of methoxy groups -OCH3 is 1. The summed E-state index contributed by atoms with van der Waals surface area (Å²) in [6, 6.07) is 7.48. The lowest BCUT2D eigenvalue weighted by Crippen LogP contribution is -2.36. The molecule has 0 aliphatic carbocycles. The fourth-order valence-electron chi connectivity index (χ4n) is 4.68. The van der Waals surface area contributed by atoms with Crippen molar-refractivity contribution in [3.05, 3.63) is 41.5 Å². The van der Waals surface area contributed by atoms with Crippen LogP contribution in [0.1, 0.15) is 90.5 Å². The van der Waals surface area contributed by atoms with Crippen LogP contribution in [0, 0.1) is 17.3 Å². The van der Waals surface area contributed by atoms with Crippen LogP contribution in [0.2, 0.25) is 0 Å². The molecule has 0 bridgehead atoms. The van der Waals surface area contributed by atoms with Gasteiger partial charge in [-0.3, -0.25) is 0 Å². The van der Waals surface area contributed by atoms with Gasteiger partial charge in [0.05, 0.1) is 33.5 Å². The molecule has 0 saturated heterocycles. The molecule has 1 rings (SSSR count). The summed E-state index contributed by atoms with van der Waals surface area (Å²) < 4.78 is 11.0. The quantitative estimate of drug-likeness (QED) is 0.167. The number of carboxylic acid groups (broad SMARTS) is 1. The third kappa shape index (κ3) is 11.4. The van der Waals surface area contributed by atoms with Gasteiger partial charge in [-0.1, -0.05) is 77.5 Å². The molecule has 0 aliphatic heterocycles. The predicted molar refractivity (Wildman–Crippen MR) is 145 cm³/mol. The van der Waals surface area contributed by atoms with Crippen LogP contribution in [0.15, 0.2) is 35.9 Å². The van der Waals surface area contributed by atoms with Crippen molar-refractivity contribution in [1.82, 2.24) is 0 Å². The van der Waals surface area contributed by atoms with Gasteiger partial charge >= 0.3 is 5.97 Å². The number of rotatable bonds is 21. The Balaban J connectivity index is 3.07. The van der Waals surface area contributed by atoms with E-state index in [0.717, 1.165) is 69.1 Å². The standard InChI is InChI=1S/C30H50O6/c1-5-8-11-25(12-9-6-2)26(13-10-7-3)18-27(29(33)34)19-30(21-31,22-32)23-36-20-24-14-16-28(35-4)17-15-24/h14-18,25-26,31-32H,5-13,19-23H2,1-4H3,(H,33,34). The minimum Gasteiger partial charge on any atom is -0.497 e. The highest BCUT2D eigenvalue weighted by atomic mass is 16.5. The fraction of sp³-hybridized carbons (Fsp3) is 0.700. The molecule has 1 aromatic carbocycles. The Morgan fingerprint density at radius 2 is 1.50 bits per heavy atom. The molecule has 0 heterocycles. The van der Waals surface area contributed by atoms with E-state index in [4.69, 9.17) is 9.47 Å². The van der Waals surface area contributed by atoms with Gasteiger partial charge in [-0.15, -0.1) is 0 Å². The predicted octanol–water partition coefficient (Wildman–Crippen LogP) is 6.39. The van der Waals surface area contributed by atoms with Gasteiger partial charge in [0.25, 0.3) is 0 Å². The molecular formula is C30H50O6. The number of allylic oxidation sites excluding steroid dienone is 1. The monoisotopic (exact) mass is 506 g/mol. The molecule has 0 spiro atoms. The second-order valence-corrected chi connectivity index (χ2v) is 10.2. The van der Waals surface area contributed by atoms with Crippen LogP contribution in [0.5, 0.6) is 5.75 Å². The Morgan fingerprint density at radius 1 is 0.944 bits per heavy atom. The number of carbonyl (C=O) groups is 1. The number of aliphatic carboxylic acids is 1. The Morgan fingerprint density at radius 3 is 1.97 bits per heavy atom. The van der Waals surface area contributed by atoms with Crippen molar-refractivity contribution in [2.75, 3.05) is 26.9 Å². The molecule has 0 radical (unpaired) electrons. The first-order valence-corrected chi connectivity index (χ1v) is 13.7. The minimum absolute atomic E-state index is 0.0609. The van der Waals surface area contributed by atoms with E-state index in [-0.39, 0.29) is 37.7 Å². The molecule has 1 aromatic rings. The van der Waals surface area contributed by atoms with Gasteiger partial charge in [0.2, 0.25) is 0 Å². The maximum absolute atomic E-state index is 12.3. The summed E-state index contributed by atoms with van der Waals surface area (Å²) in [5.41, 5.74) is 0.142. The van der Waals surface area contributed by atoms with Crippen LogP contribution in [0.25, 0.3) is 0 Å². The van der Waals surface area contributed by atoms with E-state index >= 15 is 0 Å². The highest BCUT2D eigenvalue weighted by Crippen LogP contribution is 2.34. The zero-order valence-electron chi connectivity index (χ0n) is 23.0. The van der Waals surface area contributed by atoms with Gasteiger partial charge in [-0.2, -0.15) is 0 Å². The average Bonchev–Trinajstić information content (AvgIpc) is 2.90. The molecule has 0 aliphatic rings. The summed E-state index contributed by atoms with van der Waals surface area (Å²) in [4.78, 5) is 12.3. The SMILES string of the molecule is CCCCC(C=C(CC(CO)(CO)COCc1ccc(OC)cc1)C(=O)O)C(CCCC)CCCC. The largest absolute Gasteiger partial charge is 0.497 e. The van der Waals surface area contributed by atoms with E-state index in [0.29, 0.717) is 12.5 Å². The fourth-order valence-corrected chi connectivity index (χ4v) is 4.68. The first kappa shape index (κ1) is 32.1. The summed E-state index contributed by atoms with van der Waals surface area (Å²) in [6.07, 6.45) is 11.8. The van der Waals surface area contributed by atoms with Gasteiger partial charge in [0, 0.05) is 11.0 Å². The normalized spacial score (nSPS) is 13.2. The number of aliphatic hydroxyl groups excluding tert-OH is 2. The van der Waals surface area contributed by atoms with E-state index in [1.807, 2.05) is 30.3 Å². The lowest BCUT2D eigenvalue weighted by molar-refractivity contribution is -0.133. The average molecular weight is 507 g/mol. The van der Waals surface area contributed by atoms with E-state index in [2.05, 4.69) is 20.8 Å². The first-order chi connectivity index (χ1) is 17.4. The van der Waals surface area contributed by atoms with Crippen LogP contribution in [-0.4, -0.2) is 48.2 Å². The van der Waals surface area contributed by atoms with Crippen molar-refractivity contribution in [1.29, 1.82) is 0 Å². The number of carboxylic acids is 1. The molecule has 36 heavy (non-hydrogen) atoms. The summed E-state index contributed by atoms with van der Waals surface area (Å²) in [6.45, 7) is 6.20. The number of benzene rings is 1. The third-order valence-electron chi connectivity index (χ3n) is 7.12. The topological polar surface area (TPSA) is 96.2 Å². The molecule has 6 heteroatoms. The summed E-state index contributed by atoms with van der Waals surface area (Å²) in [5, 5.41) is 30.5. The van der Waals surface area contributed by atoms with Crippen LogP contribution >= 0.6 is 0 Å². The van der Waals surface area contributed by atoms with Crippen molar-refractivity contribution < 1.29 is 29.6 Å². The van der Waals surface area contributed by atoms with Crippen molar-refractivity contribution >= 4 is 5.97 Å². The van der Waals surface area contributed by atoms with Gasteiger partial charge in [0.15, 0.2) is 0 Å². The van der Waals surface area contributed by atoms with E-state index in [1.165, 1.54) is 0 Å². The molecule has 1 atom stereocenters. The number of aliphatic hydroxyl groups is 2. The summed E-state index contributed by atoms with van der Waals surface area (Å²) in [5.74, 6) is 0.408. The molecule has 0 aromatic heterocycles. The molecule has 1 unspecified atom stereocenters. The van der Waals surface area contributed by atoms with Gasteiger partial charge in [-0.25, -0.2) is 4.79 Å². The minimum atomic E-state index is -1.06. The second kappa shape index (κ2) is 18.4. The molecule has 0 saturated carbocycles. The van der Waals surface area contributed by atoms with E-state index in [9.17, 15) is 20.1 Å². The van der Waals surface area contributed by atoms with Gasteiger partial charge in [0.1, 0.15) is 5.75 Å².